The molecule has 3 nitrogen and oxygen atoms in total. The Hall–Kier alpha value is -2.16. The topological polar surface area (TPSA) is 38.7 Å². The normalized spacial score (nSPS) is 12.8. The van der Waals surface area contributed by atoms with Crippen LogP contribution in [0.15, 0.2) is 47.5 Å². The largest absolute Gasteiger partial charge is 0.465 e. The third-order valence-corrected chi connectivity index (χ3v) is 2.88. The van der Waals surface area contributed by atoms with Crippen LogP contribution >= 0.6 is 0 Å². The second-order valence-electron chi connectivity index (χ2n) is 4.05. The summed E-state index contributed by atoms with van der Waals surface area (Å²) in [7, 11) is 1.34. The third-order valence-electron chi connectivity index (χ3n) is 2.88. The molecule has 3 heteroatoms. The van der Waals surface area contributed by atoms with Crippen molar-refractivity contribution in [1.29, 1.82) is 0 Å². The maximum absolute atomic E-state index is 11.0. The summed E-state index contributed by atoms with van der Waals surface area (Å²) in [4.78, 5) is 15.3. The average molecular weight is 241 g/mol. The standard InChI is InChI=1S/C15H15NO2/c1-11(16-10-15(17)18-2)13-9-5-7-12-6-3-4-8-14(12)13/h3-11H,1-2H3/t11-/m0/s1. The van der Waals surface area contributed by atoms with E-state index in [-0.39, 0.29) is 6.04 Å². The third kappa shape index (κ3) is 2.56. The zero-order valence-corrected chi connectivity index (χ0v) is 10.5. The van der Waals surface area contributed by atoms with Crippen LogP contribution < -0.4 is 0 Å². The molecule has 2 rings (SSSR count). The van der Waals surface area contributed by atoms with Crippen molar-refractivity contribution in [3.8, 4) is 0 Å². The Labute approximate surface area is 106 Å². The Morgan fingerprint density at radius 2 is 1.94 bits per heavy atom. The molecule has 2 aromatic rings. The van der Waals surface area contributed by atoms with Crippen molar-refractivity contribution >= 4 is 23.0 Å². The number of rotatable bonds is 3. The van der Waals surface area contributed by atoms with Gasteiger partial charge in [0.15, 0.2) is 0 Å². The van der Waals surface area contributed by atoms with Crippen molar-refractivity contribution in [1.82, 2.24) is 0 Å². The van der Waals surface area contributed by atoms with Gasteiger partial charge in [-0.2, -0.15) is 0 Å². The number of esters is 1. The summed E-state index contributed by atoms with van der Waals surface area (Å²) in [6.07, 6.45) is 1.23. The highest BCUT2D eigenvalue weighted by Gasteiger charge is 2.07. The summed E-state index contributed by atoms with van der Waals surface area (Å²) < 4.78 is 4.54. The van der Waals surface area contributed by atoms with E-state index in [2.05, 4.69) is 27.9 Å². The van der Waals surface area contributed by atoms with Crippen LogP contribution in [0.1, 0.15) is 18.5 Å². The van der Waals surface area contributed by atoms with Gasteiger partial charge in [0.2, 0.25) is 0 Å². The summed E-state index contributed by atoms with van der Waals surface area (Å²) >= 11 is 0. The molecule has 92 valence electrons. The molecule has 0 saturated heterocycles. The second-order valence-corrected chi connectivity index (χ2v) is 4.05. The van der Waals surface area contributed by atoms with E-state index in [9.17, 15) is 4.79 Å². The molecule has 0 heterocycles. The van der Waals surface area contributed by atoms with Crippen LogP contribution in [0.5, 0.6) is 0 Å². The van der Waals surface area contributed by atoms with Crippen LogP contribution in [0.4, 0.5) is 0 Å². The molecule has 0 N–H and O–H groups in total. The Balaban J connectivity index is 2.36. The minimum absolute atomic E-state index is 0.0739. The van der Waals surface area contributed by atoms with E-state index in [1.54, 1.807) is 0 Å². The Morgan fingerprint density at radius 3 is 2.72 bits per heavy atom. The predicted molar refractivity (Wildman–Crippen MR) is 72.9 cm³/mol. The summed E-state index contributed by atoms with van der Waals surface area (Å²) in [5.74, 6) is -0.429. The van der Waals surface area contributed by atoms with Crippen molar-refractivity contribution in [2.75, 3.05) is 7.11 Å². The number of benzene rings is 2. The van der Waals surface area contributed by atoms with E-state index < -0.39 is 5.97 Å². The van der Waals surface area contributed by atoms with E-state index in [4.69, 9.17) is 0 Å². The molecule has 0 saturated carbocycles. The number of methoxy groups -OCH3 is 1. The number of carbonyl (C=O) groups excluding carboxylic acids is 1. The van der Waals surface area contributed by atoms with Crippen LogP contribution in [-0.2, 0) is 9.53 Å². The summed E-state index contributed by atoms with van der Waals surface area (Å²) in [5, 5.41) is 2.34. The minimum atomic E-state index is -0.429. The van der Waals surface area contributed by atoms with Gasteiger partial charge in [-0.3, -0.25) is 4.99 Å². The van der Waals surface area contributed by atoms with E-state index in [1.165, 1.54) is 18.7 Å². The zero-order chi connectivity index (χ0) is 13.0. The van der Waals surface area contributed by atoms with Crippen molar-refractivity contribution in [2.24, 2.45) is 4.99 Å². The monoisotopic (exact) mass is 241 g/mol. The number of nitrogens with zero attached hydrogens (tertiary/aromatic N) is 1. The molecule has 0 amide bonds. The molecule has 0 radical (unpaired) electrons. The highest BCUT2D eigenvalue weighted by molar-refractivity contribution is 6.23. The van der Waals surface area contributed by atoms with Gasteiger partial charge in [-0.1, -0.05) is 42.5 Å². The Bertz CT molecular complexity index is 585. The SMILES string of the molecule is COC(=O)C=N[C@@H](C)c1cccc2ccccc12. The first kappa shape index (κ1) is 12.3. The lowest BCUT2D eigenvalue weighted by Crippen LogP contribution is -2.02. The molecule has 0 unspecified atom stereocenters. The lowest BCUT2D eigenvalue weighted by molar-refractivity contribution is -0.132. The maximum Gasteiger partial charge on any atom is 0.348 e. The van der Waals surface area contributed by atoms with Crippen LogP contribution in [0.3, 0.4) is 0 Å². The van der Waals surface area contributed by atoms with Gasteiger partial charge < -0.3 is 4.74 Å². The van der Waals surface area contributed by atoms with Gasteiger partial charge in [0.1, 0.15) is 6.21 Å². The van der Waals surface area contributed by atoms with Crippen molar-refractivity contribution in [3.05, 3.63) is 48.0 Å². The van der Waals surface area contributed by atoms with Crippen molar-refractivity contribution in [2.45, 2.75) is 13.0 Å². The summed E-state index contributed by atoms with van der Waals surface area (Å²) in [5.41, 5.74) is 1.10. The van der Waals surface area contributed by atoms with Gasteiger partial charge in [0.25, 0.3) is 0 Å². The van der Waals surface area contributed by atoms with Crippen molar-refractivity contribution < 1.29 is 9.53 Å². The quantitative estimate of drug-likeness (QED) is 0.611. The molecule has 0 fully saturated rings. The molecule has 1 atom stereocenters. The zero-order valence-electron chi connectivity index (χ0n) is 10.5. The molecular formula is C15H15NO2. The molecular weight excluding hydrogens is 226 g/mol. The number of carbonyl (C=O) groups is 1. The summed E-state index contributed by atoms with van der Waals surface area (Å²) in [6, 6.07) is 14.2. The fourth-order valence-corrected chi connectivity index (χ4v) is 1.92. The number of ether oxygens (including phenoxy) is 1. The first-order chi connectivity index (χ1) is 8.72. The van der Waals surface area contributed by atoms with Crippen LogP contribution in [0.25, 0.3) is 10.8 Å². The smallest absolute Gasteiger partial charge is 0.348 e. The Kier molecular flexibility index (Phi) is 3.72. The second kappa shape index (κ2) is 5.45. The van der Waals surface area contributed by atoms with Gasteiger partial charge in [0, 0.05) is 0 Å². The maximum atomic E-state index is 11.0. The number of hydrogen-bond acceptors (Lipinski definition) is 3. The highest BCUT2D eigenvalue weighted by atomic mass is 16.5. The molecule has 0 aliphatic heterocycles. The molecule has 18 heavy (non-hydrogen) atoms. The van der Waals surface area contributed by atoms with Gasteiger partial charge in [-0.15, -0.1) is 0 Å². The van der Waals surface area contributed by atoms with Gasteiger partial charge >= 0.3 is 5.97 Å². The lowest BCUT2D eigenvalue weighted by Gasteiger charge is -2.10. The van der Waals surface area contributed by atoms with Gasteiger partial charge in [0.05, 0.1) is 13.2 Å². The minimum Gasteiger partial charge on any atom is -0.465 e. The average Bonchev–Trinajstić information content (AvgIpc) is 2.43. The predicted octanol–water partition coefficient (Wildman–Crippen LogP) is 3.14. The lowest BCUT2D eigenvalue weighted by atomic mass is 10.0. The van der Waals surface area contributed by atoms with E-state index in [0.717, 1.165) is 10.9 Å². The number of aliphatic imine (C=N–C) groups is 1. The molecule has 2 aromatic carbocycles. The van der Waals surface area contributed by atoms with Crippen LogP contribution in [-0.4, -0.2) is 19.3 Å². The number of fused-ring (bicyclic) bond motifs is 1. The van der Waals surface area contributed by atoms with E-state index in [0.29, 0.717) is 0 Å². The molecule has 0 aliphatic carbocycles. The van der Waals surface area contributed by atoms with E-state index >= 15 is 0 Å². The fraction of sp³-hybridized carbons (Fsp3) is 0.200. The Morgan fingerprint density at radius 1 is 1.22 bits per heavy atom. The van der Waals surface area contributed by atoms with E-state index in [1.807, 2.05) is 31.2 Å². The first-order valence-electron chi connectivity index (χ1n) is 5.81. The highest BCUT2D eigenvalue weighted by Crippen LogP contribution is 2.25. The fourth-order valence-electron chi connectivity index (χ4n) is 1.92. The summed E-state index contributed by atoms with van der Waals surface area (Å²) in [6.45, 7) is 1.96. The van der Waals surface area contributed by atoms with Gasteiger partial charge in [-0.05, 0) is 23.3 Å². The molecule has 0 aromatic heterocycles. The van der Waals surface area contributed by atoms with Crippen LogP contribution in [0.2, 0.25) is 0 Å². The molecule has 0 bridgehead atoms. The molecule has 0 aliphatic rings. The van der Waals surface area contributed by atoms with Crippen molar-refractivity contribution in [3.63, 3.8) is 0 Å². The number of hydrogen-bond donors (Lipinski definition) is 0. The van der Waals surface area contributed by atoms with Crippen LogP contribution in [0, 0.1) is 0 Å². The van der Waals surface area contributed by atoms with Gasteiger partial charge in [-0.25, -0.2) is 4.79 Å². The molecule has 0 spiro atoms. The first-order valence-corrected chi connectivity index (χ1v) is 5.81.